The minimum Gasteiger partial charge on any atom is -0.496 e. The number of fused-ring (bicyclic) bond motifs is 1. The number of hydrogen-bond acceptors (Lipinski definition) is 7. The third kappa shape index (κ3) is 5.80. The smallest absolute Gasteiger partial charge is 0.320 e. The molecule has 2 aliphatic rings. The number of ether oxygens (including phenoxy) is 3. The lowest BCUT2D eigenvalue weighted by molar-refractivity contribution is -0.180. The molecular formula is C31H40N2O7. The van der Waals surface area contributed by atoms with Crippen molar-refractivity contribution in [3.05, 3.63) is 65.8 Å². The number of benzene rings is 1. The summed E-state index contributed by atoms with van der Waals surface area (Å²) in [7, 11) is 2.95. The highest BCUT2D eigenvalue weighted by atomic mass is 16.5. The summed E-state index contributed by atoms with van der Waals surface area (Å²) in [4.78, 5) is 42.2. The average Bonchev–Trinajstić information content (AvgIpc) is 3.44. The number of carbonyl (C=O) groups is 3. The molecule has 9 heteroatoms. The first kappa shape index (κ1) is 29.4. The summed E-state index contributed by atoms with van der Waals surface area (Å²) in [6.07, 6.45) is 3.11. The lowest BCUT2D eigenvalue weighted by atomic mass is 9.65. The third-order valence-electron chi connectivity index (χ3n) is 7.92. The van der Waals surface area contributed by atoms with Gasteiger partial charge in [-0.05, 0) is 55.0 Å². The van der Waals surface area contributed by atoms with E-state index in [4.69, 9.17) is 18.6 Å². The molecule has 4 rings (SSSR count). The Morgan fingerprint density at radius 1 is 1.15 bits per heavy atom. The summed E-state index contributed by atoms with van der Waals surface area (Å²) < 4.78 is 22.7. The number of esters is 1. The van der Waals surface area contributed by atoms with Gasteiger partial charge < -0.3 is 28.8 Å². The van der Waals surface area contributed by atoms with Gasteiger partial charge in [0.05, 0.1) is 39.2 Å². The molecule has 1 N–H and O–H groups in total. The van der Waals surface area contributed by atoms with E-state index in [-0.39, 0.29) is 42.7 Å². The summed E-state index contributed by atoms with van der Waals surface area (Å²) in [5, 5.41) is 2.93. The molecule has 216 valence electrons. The summed E-state index contributed by atoms with van der Waals surface area (Å²) in [5.74, 6) is -0.417. The molecule has 0 aliphatic carbocycles. The molecule has 4 atom stereocenters. The van der Waals surface area contributed by atoms with Gasteiger partial charge in [0.1, 0.15) is 16.9 Å². The number of amides is 2. The number of carbonyl (C=O) groups excluding carboxylic acids is 3. The minimum absolute atomic E-state index is 0.0686. The van der Waals surface area contributed by atoms with Crippen molar-refractivity contribution in [2.75, 3.05) is 20.8 Å². The number of methoxy groups -OCH3 is 2. The van der Waals surface area contributed by atoms with E-state index in [0.717, 1.165) is 11.3 Å². The fraction of sp³-hybridized carbons (Fsp3) is 0.516. The van der Waals surface area contributed by atoms with E-state index in [9.17, 15) is 14.4 Å². The van der Waals surface area contributed by atoms with Gasteiger partial charge in [-0.1, -0.05) is 39.0 Å². The van der Waals surface area contributed by atoms with Crippen molar-refractivity contribution < 1.29 is 33.0 Å². The number of furan rings is 1. The van der Waals surface area contributed by atoms with Gasteiger partial charge in [0, 0.05) is 24.6 Å². The number of hydrogen-bond donors (Lipinski definition) is 1. The van der Waals surface area contributed by atoms with Crippen LogP contribution in [0.3, 0.4) is 0 Å². The zero-order chi connectivity index (χ0) is 29.1. The van der Waals surface area contributed by atoms with Crippen molar-refractivity contribution in [3.8, 4) is 5.75 Å². The van der Waals surface area contributed by atoms with E-state index in [1.54, 1.807) is 30.4 Å². The lowest BCUT2D eigenvalue weighted by Crippen LogP contribution is -2.61. The Bertz CT molecular complexity index is 1250. The summed E-state index contributed by atoms with van der Waals surface area (Å²) >= 11 is 0. The largest absolute Gasteiger partial charge is 0.496 e. The van der Waals surface area contributed by atoms with Gasteiger partial charge in [0.2, 0.25) is 11.8 Å². The van der Waals surface area contributed by atoms with Gasteiger partial charge in [-0.3, -0.25) is 14.4 Å². The number of nitrogens with zero attached hydrogens (tertiary/aromatic N) is 1. The van der Waals surface area contributed by atoms with E-state index < -0.39 is 23.4 Å². The normalized spacial score (nSPS) is 24.6. The van der Waals surface area contributed by atoms with E-state index in [1.165, 1.54) is 7.11 Å². The maximum Gasteiger partial charge on any atom is 0.320 e. The Balaban J connectivity index is 1.61. The Kier molecular flexibility index (Phi) is 8.73. The van der Waals surface area contributed by atoms with E-state index in [0.29, 0.717) is 24.4 Å². The average molecular weight is 553 g/mol. The van der Waals surface area contributed by atoms with E-state index in [2.05, 4.69) is 5.32 Å². The van der Waals surface area contributed by atoms with Crippen LogP contribution in [0.5, 0.6) is 5.75 Å². The Morgan fingerprint density at radius 2 is 1.90 bits per heavy atom. The van der Waals surface area contributed by atoms with Gasteiger partial charge >= 0.3 is 5.97 Å². The van der Waals surface area contributed by atoms with Crippen LogP contribution in [0, 0.1) is 16.7 Å². The highest BCUT2D eigenvalue weighted by molar-refractivity contribution is 5.92. The zero-order valence-electron chi connectivity index (χ0n) is 24.2. The SMILES string of the molecule is COC(=O)[C@]12C[C@H](CC(=O)NCCc3ccccc3OC)C(=O)N(Cc3ccco3)C1=C[C@H](C(C)(C)C)O[C@@H]2C. The fourth-order valence-corrected chi connectivity index (χ4v) is 5.71. The van der Waals surface area contributed by atoms with Crippen molar-refractivity contribution >= 4 is 17.8 Å². The molecule has 3 heterocycles. The molecule has 9 nitrogen and oxygen atoms in total. The molecule has 1 aromatic heterocycles. The van der Waals surface area contributed by atoms with Crippen LogP contribution in [0.15, 0.2) is 58.9 Å². The summed E-state index contributed by atoms with van der Waals surface area (Å²) in [6.45, 7) is 8.50. The summed E-state index contributed by atoms with van der Waals surface area (Å²) in [5.41, 5.74) is -0.00239. The number of rotatable bonds is 9. The van der Waals surface area contributed by atoms with Crippen molar-refractivity contribution in [1.82, 2.24) is 10.2 Å². The molecule has 2 aliphatic heterocycles. The molecule has 0 spiro atoms. The van der Waals surface area contributed by atoms with Gasteiger partial charge in [0.15, 0.2) is 0 Å². The first-order valence-electron chi connectivity index (χ1n) is 13.7. The van der Waals surface area contributed by atoms with Crippen molar-refractivity contribution in [2.45, 2.75) is 65.7 Å². The van der Waals surface area contributed by atoms with E-state index in [1.807, 2.05) is 58.0 Å². The van der Waals surface area contributed by atoms with Crippen LogP contribution >= 0.6 is 0 Å². The second kappa shape index (κ2) is 11.9. The minimum atomic E-state index is -1.25. The quantitative estimate of drug-likeness (QED) is 0.463. The highest BCUT2D eigenvalue weighted by Gasteiger charge is 2.60. The number of piperidine rings is 1. The number of likely N-dealkylation sites (tertiary alicyclic amines) is 1. The molecule has 40 heavy (non-hydrogen) atoms. The molecule has 2 aromatic rings. The van der Waals surface area contributed by atoms with Gasteiger partial charge in [-0.15, -0.1) is 0 Å². The third-order valence-corrected chi connectivity index (χ3v) is 7.92. The van der Waals surface area contributed by atoms with Crippen molar-refractivity contribution in [3.63, 3.8) is 0 Å². The molecule has 1 saturated heterocycles. The standard InChI is InChI=1S/C31H40N2O7/c1-20-31(29(36)38-6)18-22(16-27(34)32-14-13-21-10-7-8-12-24(21)37-5)28(35)33(19-23-11-9-15-39-23)25(31)17-26(40-20)30(2,3)4/h7-12,15,17,20,22,26H,13-14,16,18-19H2,1-6H3,(H,32,34)/t20-,22+,26-,31+/m1/s1. The van der Waals surface area contributed by atoms with Crippen LogP contribution in [0.4, 0.5) is 0 Å². The maximum atomic E-state index is 14.0. The summed E-state index contributed by atoms with van der Waals surface area (Å²) in [6, 6.07) is 11.2. The topological polar surface area (TPSA) is 107 Å². The van der Waals surface area contributed by atoms with Gasteiger partial charge in [-0.2, -0.15) is 0 Å². The zero-order valence-corrected chi connectivity index (χ0v) is 24.2. The molecule has 1 aromatic carbocycles. The van der Waals surface area contributed by atoms with Crippen LogP contribution in [0.2, 0.25) is 0 Å². The van der Waals surface area contributed by atoms with Crippen LogP contribution in [0.1, 0.15) is 51.9 Å². The van der Waals surface area contributed by atoms with Crippen LogP contribution in [-0.2, 0) is 36.8 Å². The van der Waals surface area contributed by atoms with E-state index >= 15 is 0 Å². The number of nitrogens with one attached hydrogen (secondary N) is 1. The van der Waals surface area contributed by atoms with Crippen LogP contribution < -0.4 is 10.1 Å². The molecule has 1 fully saturated rings. The Labute approximate surface area is 235 Å². The van der Waals surface area contributed by atoms with Crippen molar-refractivity contribution in [1.29, 1.82) is 0 Å². The van der Waals surface area contributed by atoms with Gasteiger partial charge in [0.25, 0.3) is 0 Å². The monoisotopic (exact) mass is 552 g/mol. The predicted octanol–water partition coefficient (Wildman–Crippen LogP) is 4.26. The number of para-hydroxylation sites is 1. The van der Waals surface area contributed by atoms with Crippen LogP contribution in [-0.4, -0.2) is 55.7 Å². The Morgan fingerprint density at radius 3 is 2.55 bits per heavy atom. The first-order chi connectivity index (χ1) is 19.0. The second-order valence-corrected chi connectivity index (χ2v) is 11.6. The van der Waals surface area contributed by atoms with Crippen LogP contribution in [0.25, 0.3) is 0 Å². The second-order valence-electron chi connectivity index (χ2n) is 11.6. The Hall–Kier alpha value is -3.59. The highest BCUT2D eigenvalue weighted by Crippen LogP contribution is 2.52. The molecular weight excluding hydrogens is 512 g/mol. The predicted molar refractivity (Wildman–Crippen MR) is 148 cm³/mol. The van der Waals surface area contributed by atoms with Gasteiger partial charge in [-0.25, -0.2) is 0 Å². The molecule has 0 radical (unpaired) electrons. The maximum absolute atomic E-state index is 14.0. The molecule has 0 unspecified atom stereocenters. The first-order valence-corrected chi connectivity index (χ1v) is 13.7. The molecule has 2 amide bonds. The van der Waals surface area contributed by atoms with Crippen molar-refractivity contribution in [2.24, 2.45) is 16.7 Å². The fourth-order valence-electron chi connectivity index (χ4n) is 5.71. The molecule has 0 saturated carbocycles. The lowest BCUT2D eigenvalue weighted by Gasteiger charge is -2.52. The molecule has 0 bridgehead atoms.